The van der Waals surface area contributed by atoms with Gasteiger partial charge in [0.2, 0.25) is 0 Å². The highest BCUT2D eigenvalue weighted by Gasteiger charge is 2.06. The van der Waals surface area contributed by atoms with Crippen LogP contribution in [-0.2, 0) is 0 Å². The van der Waals surface area contributed by atoms with Gasteiger partial charge in [-0.2, -0.15) is 5.26 Å². The van der Waals surface area contributed by atoms with E-state index in [9.17, 15) is 5.11 Å². The van der Waals surface area contributed by atoms with Crippen molar-refractivity contribution >= 4 is 0 Å². The Kier molecular flexibility index (Phi) is 3.30. The van der Waals surface area contributed by atoms with E-state index in [1.54, 1.807) is 31.4 Å². The summed E-state index contributed by atoms with van der Waals surface area (Å²) in [5.41, 5.74) is 0.709. The van der Waals surface area contributed by atoms with E-state index in [0.717, 1.165) is 0 Å². The number of hydrogen-bond donors (Lipinski definition) is 1. The van der Waals surface area contributed by atoms with E-state index in [1.165, 1.54) is 0 Å². The largest absolute Gasteiger partial charge is 0.497 e. The third kappa shape index (κ3) is 2.46. The van der Waals surface area contributed by atoms with Crippen molar-refractivity contribution in [1.82, 2.24) is 0 Å². The second-order valence-corrected chi connectivity index (χ2v) is 2.65. The lowest BCUT2D eigenvalue weighted by Gasteiger charge is -2.07. The quantitative estimate of drug-likeness (QED) is 0.763. The zero-order valence-corrected chi connectivity index (χ0v) is 7.40. The third-order valence-electron chi connectivity index (χ3n) is 1.76. The van der Waals surface area contributed by atoms with Gasteiger partial charge in [-0.15, -0.1) is 0 Å². The Hall–Kier alpha value is -1.53. The minimum absolute atomic E-state index is 0.104. The molecule has 0 saturated carbocycles. The van der Waals surface area contributed by atoms with Crippen molar-refractivity contribution in [2.24, 2.45) is 0 Å². The molecule has 0 saturated heterocycles. The molecule has 0 amide bonds. The number of nitrogens with zero attached hydrogens (tertiary/aromatic N) is 1. The fourth-order valence-electron chi connectivity index (χ4n) is 1.05. The smallest absolute Gasteiger partial charge is 0.119 e. The van der Waals surface area contributed by atoms with E-state index in [1.807, 2.05) is 6.07 Å². The van der Waals surface area contributed by atoms with Crippen molar-refractivity contribution < 1.29 is 9.84 Å². The van der Waals surface area contributed by atoms with Crippen molar-refractivity contribution in [2.75, 3.05) is 7.11 Å². The van der Waals surface area contributed by atoms with Gasteiger partial charge in [0.1, 0.15) is 5.75 Å². The normalized spacial score (nSPS) is 11.8. The van der Waals surface area contributed by atoms with Crippen LogP contribution in [0, 0.1) is 11.3 Å². The van der Waals surface area contributed by atoms with Crippen LogP contribution in [-0.4, -0.2) is 12.2 Å². The van der Waals surface area contributed by atoms with Crippen molar-refractivity contribution in [3.63, 3.8) is 0 Å². The molecule has 0 aromatic heterocycles. The van der Waals surface area contributed by atoms with Crippen LogP contribution >= 0.6 is 0 Å². The molecule has 1 aromatic carbocycles. The predicted molar refractivity (Wildman–Crippen MR) is 48.2 cm³/mol. The average molecular weight is 177 g/mol. The summed E-state index contributed by atoms with van der Waals surface area (Å²) in [4.78, 5) is 0. The van der Waals surface area contributed by atoms with E-state index < -0.39 is 6.10 Å². The van der Waals surface area contributed by atoms with Crippen LogP contribution in [0.5, 0.6) is 5.75 Å². The van der Waals surface area contributed by atoms with Crippen LogP contribution in [0.2, 0.25) is 0 Å². The third-order valence-corrected chi connectivity index (χ3v) is 1.76. The summed E-state index contributed by atoms with van der Waals surface area (Å²) < 4.78 is 4.99. The Balaban J connectivity index is 2.83. The SMILES string of the molecule is COc1cccc(C(O)CC#N)c1. The number of aliphatic hydroxyl groups is 1. The number of aliphatic hydroxyl groups excluding tert-OH is 1. The molecule has 1 N–H and O–H groups in total. The summed E-state index contributed by atoms with van der Waals surface area (Å²) >= 11 is 0. The Labute approximate surface area is 77.2 Å². The van der Waals surface area contributed by atoms with Crippen molar-refractivity contribution in [3.05, 3.63) is 29.8 Å². The molecule has 1 aromatic rings. The lowest BCUT2D eigenvalue weighted by atomic mass is 10.1. The molecule has 13 heavy (non-hydrogen) atoms. The highest BCUT2D eigenvalue weighted by atomic mass is 16.5. The Morgan fingerprint density at radius 2 is 2.38 bits per heavy atom. The average Bonchev–Trinajstić information content (AvgIpc) is 2.18. The zero-order valence-electron chi connectivity index (χ0n) is 7.40. The molecule has 0 radical (unpaired) electrons. The van der Waals surface area contributed by atoms with Gasteiger partial charge in [-0.1, -0.05) is 12.1 Å². The summed E-state index contributed by atoms with van der Waals surface area (Å²) in [7, 11) is 1.57. The van der Waals surface area contributed by atoms with Gasteiger partial charge in [0.05, 0.1) is 25.7 Å². The molecule has 1 rings (SSSR count). The fourth-order valence-corrected chi connectivity index (χ4v) is 1.05. The summed E-state index contributed by atoms with van der Waals surface area (Å²) in [6.45, 7) is 0. The van der Waals surface area contributed by atoms with E-state index in [4.69, 9.17) is 10.00 Å². The first-order valence-electron chi connectivity index (χ1n) is 3.97. The minimum atomic E-state index is -0.722. The summed E-state index contributed by atoms with van der Waals surface area (Å²) in [5, 5.41) is 17.8. The topological polar surface area (TPSA) is 53.2 Å². The van der Waals surface area contributed by atoms with Gasteiger partial charge < -0.3 is 9.84 Å². The van der Waals surface area contributed by atoms with Crippen LogP contribution in [0.3, 0.4) is 0 Å². The molecule has 3 heteroatoms. The Morgan fingerprint density at radius 1 is 1.62 bits per heavy atom. The highest BCUT2D eigenvalue weighted by molar-refractivity contribution is 5.30. The fraction of sp³-hybridized carbons (Fsp3) is 0.300. The number of hydrogen-bond acceptors (Lipinski definition) is 3. The summed E-state index contributed by atoms with van der Waals surface area (Å²) in [5.74, 6) is 0.689. The maximum Gasteiger partial charge on any atom is 0.119 e. The molecule has 0 spiro atoms. The molecule has 0 aliphatic heterocycles. The molecular weight excluding hydrogens is 166 g/mol. The lowest BCUT2D eigenvalue weighted by Crippen LogP contribution is -1.96. The van der Waals surface area contributed by atoms with Crippen LogP contribution in [0.1, 0.15) is 18.1 Å². The number of benzene rings is 1. The van der Waals surface area contributed by atoms with E-state index >= 15 is 0 Å². The van der Waals surface area contributed by atoms with Gasteiger partial charge in [-0.05, 0) is 17.7 Å². The van der Waals surface area contributed by atoms with Gasteiger partial charge in [0, 0.05) is 0 Å². The molecule has 0 fully saturated rings. The van der Waals surface area contributed by atoms with Gasteiger partial charge >= 0.3 is 0 Å². The number of methoxy groups -OCH3 is 1. The Bertz CT molecular complexity index is 317. The lowest BCUT2D eigenvalue weighted by molar-refractivity contribution is 0.183. The summed E-state index contributed by atoms with van der Waals surface area (Å²) in [6.07, 6.45) is -0.618. The van der Waals surface area contributed by atoms with E-state index in [2.05, 4.69) is 0 Å². The first-order chi connectivity index (χ1) is 6.27. The second-order valence-electron chi connectivity index (χ2n) is 2.65. The molecule has 0 aliphatic carbocycles. The molecule has 0 heterocycles. The molecule has 1 unspecified atom stereocenters. The van der Waals surface area contributed by atoms with Crippen LogP contribution in [0.25, 0.3) is 0 Å². The van der Waals surface area contributed by atoms with Gasteiger partial charge in [0.15, 0.2) is 0 Å². The van der Waals surface area contributed by atoms with E-state index in [0.29, 0.717) is 11.3 Å². The number of ether oxygens (including phenoxy) is 1. The molecule has 0 aliphatic rings. The van der Waals surface area contributed by atoms with E-state index in [-0.39, 0.29) is 6.42 Å². The van der Waals surface area contributed by atoms with Crippen molar-refractivity contribution in [2.45, 2.75) is 12.5 Å². The van der Waals surface area contributed by atoms with Gasteiger partial charge in [0.25, 0.3) is 0 Å². The van der Waals surface area contributed by atoms with Gasteiger partial charge in [-0.3, -0.25) is 0 Å². The maximum absolute atomic E-state index is 9.46. The van der Waals surface area contributed by atoms with Gasteiger partial charge in [-0.25, -0.2) is 0 Å². The minimum Gasteiger partial charge on any atom is -0.497 e. The first kappa shape index (κ1) is 9.56. The molecular formula is C10H11NO2. The van der Waals surface area contributed by atoms with Crippen LogP contribution in [0.15, 0.2) is 24.3 Å². The predicted octanol–water partition coefficient (Wildman–Crippen LogP) is 1.64. The molecule has 3 nitrogen and oxygen atoms in total. The first-order valence-corrected chi connectivity index (χ1v) is 3.97. The second kappa shape index (κ2) is 4.48. The number of rotatable bonds is 3. The molecule has 0 bridgehead atoms. The van der Waals surface area contributed by atoms with Crippen LogP contribution < -0.4 is 4.74 Å². The Morgan fingerprint density at radius 3 is 3.00 bits per heavy atom. The molecule has 1 atom stereocenters. The highest BCUT2D eigenvalue weighted by Crippen LogP contribution is 2.20. The van der Waals surface area contributed by atoms with Crippen molar-refractivity contribution in [1.29, 1.82) is 5.26 Å². The maximum atomic E-state index is 9.46. The number of nitriles is 1. The summed E-state index contributed by atoms with van der Waals surface area (Å²) in [6, 6.07) is 8.99. The monoisotopic (exact) mass is 177 g/mol. The van der Waals surface area contributed by atoms with Crippen LogP contribution in [0.4, 0.5) is 0 Å². The zero-order chi connectivity index (χ0) is 9.68. The molecule has 68 valence electrons. The van der Waals surface area contributed by atoms with Crippen molar-refractivity contribution in [3.8, 4) is 11.8 Å². The standard InChI is InChI=1S/C10H11NO2/c1-13-9-4-2-3-8(7-9)10(12)5-6-11/h2-4,7,10,12H,5H2,1H3.